The lowest BCUT2D eigenvalue weighted by Gasteiger charge is -2.23. The number of hydrogen-bond acceptors (Lipinski definition) is 8. The van der Waals surface area contributed by atoms with E-state index in [1.165, 1.54) is 0 Å². The van der Waals surface area contributed by atoms with Gasteiger partial charge in [-0.25, -0.2) is 4.98 Å². The van der Waals surface area contributed by atoms with Crippen molar-refractivity contribution in [2.24, 2.45) is 0 Å². The Morgan fingerprint density at radius 3 is 2.67 bits per heavy atom. The predicted octanol–water partition coefficient (Wildman–Crippen LogP) is 3.79. The lowest BCUT2D eigenvalue weighted by molar-refractivity contribution is 0.102. The van der Waals surface area contributed by atoms with Crippen LogP contribution >= 0.6 is 0 Å². The summed E-state index contributed by atoms with van der Waals surface area (Å²) in [6.07, 6.45) is 2.73. The first kappa shape index (κ1) is 23.7. The largest absolute Gasteiger partial charge is 0.497 e. The van der Waals surface area contributed by atoms with Crippen LogP contribution in [0.1, 0.15) is 22.3 Å². The van der Waals surface area contributed by atoms with Crippen LogP contribution in [0.2, 0.25) is 0 Å². The van der Waals surface area contributed by atoms with Crippen molar-refractivity contribution in [2.75, 3.05) is 57.4 Å². The van der Waals surface area contributed by atoms with Crippen LogP contribution in [-0.4, -0.2) is 63.0 Å². The molecule has 9 heteroatoms. The molecular formula is C27H30N4O5. The molecule has 0 aliphatic carbocycles. The molecular weight excluding hydrogens is 460 g/mol. The van der Waals surface area contributed by atoms with Gasteiger partial charge < -0.3 is 29.2 Å². The number of nitrogens with one attached hydrogen (secondary N) is 1. The van der Waals surface area contributed by atoms with Crippen molar-refractivity contribution in [2.45, 2.75) is 13.0 Å². The van der Waals surface area contributed by atoms with Crippen LogP contribution in [0.4, 0.5) is 11.5 Å². The highest BCUT2D eigenvalue weighted by Crippen LogP contribution is 2.32. The number of rotatable bonds is 7. The maximum absolute atomic E-state index is 12.6. The summed E-state index contributed by atoms with van der Waals surface area (Å²) < 4.78 is 21.5. The van der Waals surface area contributed by atoms with Crippen molar-refractivity contribution in [3.05, 3.63) is 65.9 Å². The number of carbonyl (C=O) groups excluding carboxylic acids is 1. The molecule has 1 amide bonds. The third-order valence-corrected chi connectivity index (χ3v) is 6.44. The first-order chi connectivity index (χ1) is 17.6. The molecule has 188 valence electrons. The summed E-state index contributed by atoms with van der Waals surface area (Å²) in [4.78, 5) is 22.0. The lowest BCUT2D eigenvalue weighted by atomic mass is 10.1. The molecule has 5 rings (SSSR count). The minimum Gasteiger partial charge on any atom is -0.497 e. The summed E-state index contributed by atoms with van der Waals surface area (Å²) in [7, 11) is 3.35. The van der Waals surface area contributed by atoms with Gasteiger partial charge in [-0.3, -0.25) is 9.69 Å². The van der Waals surface area contributed by atoms with E-state index in [9.17, 15) is 4.79 Å². The molecule has 0 atom stereocenters. The maximum Gasteiger partial charge on any atom is 0.255 e. The van der Waals surface area contributed by atoms with E-state index in [-0.39, 0.29) is 12.7 Å². The average molecular weight is 491 g/mol. The van der Waals surface area contributed by atoms with Gasteiger partial charge in [-0.05, 0) is 42.8 Å². The van der Waals surface area contributed by atoms with Gasteiger partial charge in [-0.1, -0.05) is 6.07 Å². The fourth-order valence-corrected chi connectivity index (χ4v) is 4.47. The highest BCUT2D eigenvalue weighted by Gasteiger charge is 2.19. The van der Waals surface area contributed by atoms with Crippen molar-refractivity contribution >= 4 is 17.4 Å². The zero-order valence-corrected chi connectivity index (χ0v) is 20.5. The van der Waals surface area contributed by atoms with Gasteiger partial charge in [0, 0.05) is 49.9 Å². The zero-order chi connectivity index (χ0) is 24.9. The number of carbonyl (C=O) groups is 1. The molecule has 36 heavy (non-hydrogen) atoms. The quantitative estimate of drug-likeness (QED) is 0.536. The van der Waals surface area contributed by atoms with Gasteiger partial charge in [0.15, 0.2) is 11.5 Å². The topological polar surface area (TPSA) is 85.4 Å². The highest BCUT2D eigenvalue weighted by molar-refractivity contribution is 6.04. The van der Waals surface area contributed by atoms with E-state index < -0.39 is 0 Å². The van der Waals surface area contributed by atoms with Crippen molar-refractivity contribution < 1.29 is 23.7 Å². The van der Waals surface area contributed by atoms with E-state index in [0.29, 0.717) is 22.7 Å². The SMILES string of the molecule is COc1ccc(CN2CCCN(c3ccc(NC(=O)c4ccc5c(c4)OCO5)cn3)CC2)c(OC)c1. The van der Waals surface area contributed by atoms with Crippen LogP contribution in [0.3, 0.4) is 0 Å². The number of pyridine rings is 1. The van der Waals surface area contributed by atoms with Crippen molar-refractivity contribution in [3.8, 4) is 23.0 Å². The normalized spacial score (nSPS) is 15.3. The van der Waals surface area contributed by atoms with Gasteiger partial charge in [0.1, 0.15) is 17.3 Å². The second-order valence-electron chi connectivity index (χ2n) is 8.72. The second-order valence-corrected chi connectivity index (χ2v) is 8.72. The Bertz CT molecular complexity index is 1220. The molecule has 2 aliphatic rings. The van der Waals surface area contributed by atoms with E-state index in [2.05, 4.69) is 26.2 Å². The van der Waals surface area contributed by atoms with E-state index in [0.717, 1.165) is 62.0 Å². The van der Waals surface area contributed by atoms with Crippen LogP contribution in [0.15, 0.2) is 54.7 Å². The Kier molecular flexibility index (Phi) is 7.08. The molecule has 2 aromatic carbocycles. The molecule has 9 nitrogen and oxygen atoms in total. The standard InChI is InChI=1S/C27H30N4O5/c1-33-22-7-4-20(24(15-22)34-2)17-30-10-3-11-31(13-12-30)26-9-6-21(16-28-26)29-27(32)19-5-8-23-25(14-19)36-18-35-23/h4-9,14-16H,3,10-13,17-18H2,1-2H3,(H,29,32). The van der Waals surface area contributed by atoms with Gasteiger partial charge in [0.05, 0.1) is 26.1 Å². The Hall–Kier alpha value is -3.98. The second kappa shape index (κ2) is 10.7. The molecule has 0 spiro atoms. The zero-order valence-electron chi connectivity index (χ0n) is 20.5. The van der Waals surface area contributed by atoms with Crippen LogP contribution < -0.4 is 29.2 Å². The molecule has 0 unspecified atom stereocenters. The first-order valence-corrected chi connectivity index (χ1v) is 12.0. The first-order valence-electron chi connectivity index (χ1n) is 12.0. The minimum absolute atomic E-state index is 0.176. The van der Waals surface area contributed by atoms with Crippen LogP contribution in [0.25, 0.3) is 0 Å². The number of aromatic nitrogens is 1. The van der Waals surface area contributed by atoms with Gasteiger partial charge in [-0.15, -0.1) is 0 Å². The summed E-state index contributed by atoms with van der Waals surface area (Å²) in [5.41, 5.74) is 2.29. The molecule has 1 fully saturated rings. The Labute approximate surface area is 210 Å². The summed E-state index contributed by atoms with van der Waals surface area (Å²) in [6.45, 7) is 4.70. The fourth-order valence-electron chi connectivity index (χ4n) is 4.47. The van der Waals surface area contributed by atoms with Crippen LogP contribution in [0.5, 0.6) is 23.0 Å². The molecule has 2 aliphatic heterocycles. The molecule has 3 aromatic rings. The van der Waals surface area contributed by atoms with Gasteiger partial charge in [0.25, 0.3) is 5.91 Å². The Morgan fingerprint density at radius 1 is 0.972 bits per heavy atom. The fraction of sp³-hybridized carbons (Fsp3) is 0.333. The van der Waals surface area contributed by atoms with E-state index in [1.54, 1.807) is 38.6 Å². The number of anilines is 2. The smallest absolute Gasteiger partial charge is 0.255 e. The monoisotopic (exact) mass is 490 g/mol. The van der Waals surface area contributed by atoms with E-state index in [1.807, 2.05) is 24.3 Å². The highest BCUT2D eigenvalue weighted by atomic mass is 16.7. The van der Waals surface area contributed by atoms with Crippen LogP contribution in [-0.2, 0) is 6.54 Å². The number of methoxy groups -OCH3 is 2. The van der Waals surface area contributed by atoms with Gasteiger partial charge >= 0.3 is 0 Å². The summed E-state index contributed by atoms with van der Waals surface area (Å²) in [5.74, 6) is 3.55. The molecule has 3 heterocycles. The molecule has 1 saturated heterocycles. The van der Waals surface area contributed by atoms with E-state index in [4.69, 9.17) is 18.9 Å². The molecule has 0 radical (unpaired) electrons. The number of hydrogen-bond donors (Lipinski definition) is 1. The van der Waals surface area contributed by atoms with E-state index >= 15 is 0 Å². The summed E-state index contributed by atoms with van der Waals surface area (Å²) in [6, 6.07) is 15.0. The van der Waals surface area contributed by atoms with Gasteiger partial charge in [0.2, 0.25) is 6.79 Å². The number of benzene rings is 2. The Morgan fingerprint density at radius 2 is 1.86 bits per heavy atom. The number of nitrogens with zero attached hydrogens (tertiary/aromatic N) is 3. The van der Waals surface area contributed by atoms with Crippen LogP contribution in [0, 0.1) is 0 Å². The molecule has 1 aromatic heterocycles. The number of ether oxygens (including phenoxy) is 4. The van der Waals surface area contributed by atoms with Crippen molar-refractivity contribution in [1.82, 2.24) is 9.88 Å². The number of amides is 1. The third kappa shape index (κ3) is 5.31. The molecule has 1 N–H and O–H groups in total. The molecule has 0 bridgehead atoms. The molecule has 0 saturated carbocycles. The summed E-state index contributed by atoms with van der Waals surface area (Å²) >= 11 is 0. The maximum atomic E-state index is 12.6. The minimum atomic E-state index is -0.220. The average Bonchev–Trinajstić information content (AvgIpc) is 3.27. The predicted molar refractivity (Wildman–Crippen MR) is 136 cm³/mol. The Balaban J connectivity index is 1.17. The van der Waals surface area contributed by atoms with Crippen molar-refractivity contribution in [1.29, 1.82) is 0 Å². The number of fused-ring (bicyclic) bond motifs is 1. The van der Waals surface area contributed by atoms with Crippen molar-refractivity contribution in [3.63, 3.8) is 0 Å². The summed E-state index contributed by atoms with van der Waals surface area (Å²) in [5, 5.41) is 2.90. The lowest BCUT2D eigenvalue weighted by Crippen LogP contribution is -2.31. The van der Waals surface area contributed by atoms with Gasteiger partial charge in [-0.2, -0.15) is 0 Å². The third-order valence-electron chi connectivity index (χ3n) is 6.44.